The summed E-state index contributed by atoms with van der Waals surface area (Å²) in [6, 6.07) is 5.84. The third-order valence-corrected chi connectivity index (χ3v) is 5.92. The maximum Gasteiger partial charge on any atom is 0.317 e. The van der Waals surface area contributed by atoms with Crippen LogP contribution in [0.25, 0.3) is 0 Å². The molecule has 0 bridgehead atoms. The number of urea groups is 1. The van der Waals surface area contributed by atoms with Crippen molar-refractivity contribution in [1.29, 1.82) is 0 Å². The van der Waals surface area contributed by atoms with Gasteiger partial charge < -0.3 is 15.1 Å². The molecule has 150 valence electrons. The first-order chi connectivity index (χ1) is 13.5. The van der Waals surface area contributed by atoms with Crippen molar-refractivity contribution in [3.05, 3.63) is 51.2 Å². The second kappa shape index (κ2) is 9.14. The van der Waals surface area contributed by atoms with Crippen molar-refractivity contribution in [2.75, 3.05) is 32.7 Å². The molecule has 0 saturated carbocycles. The minimum absolute atomic E-state index is 0.0746. The van der Waals surface area contributed by atoms with Gasteiger partial charge in [0.05, 0.1) is 16.3 Å². The zero-order valence-corrected chi connectivity index (χ0v) is 17.0. The van der Waals surface area contributed by atoms with Crippen LogP contribution in [0.5, 0.6) is 0 Å². The van der Waals surface area contributed by atoms with E-state index in [2.05, 4.69) is 24.1 Å². The molecule has 1 N–H and O–H groups in total. The number of halogens is 1. The fourth-order valence-corrected chi connectivity index (χ4v) is 4.25. The predicted octanol–water partition coefficient (Wildman–Crippen LogP) is 2.86. The summed E-state index contributed by atoms with van der Waals surface area (Å²) in [6.45, 7) is 6.34. The van der Waals surface area contributed by atoms with Crippen LogP contribution in [0.2, 0.25) is 0 Å². The first-order valence-corrected chi connectivity index (χ1v) is 10.3. The van der Waals surface area contributed by atoms with Gasteiger partial charge in [0.1, 0.15) is 5.82 Å². The van der Waals surface area contributed by atoms with Crippen LogP contribution >= 0.6 is 11.3 Å². The number of hydrogen-bond donors (Lipinski definition) is 1. The number of nitrogens with one attached hydrogen (secondary N) is 1. The molecule has 1 aromatic carbocycles. The molecule has 0 radical (unpaired) electrons. The highest BCUT2D eigenvalue weighted by Gasteiger charge is 2.26. The largest absolute Gasteiger partial charge is 0.338 e. The number of carbonyl (C=O) groups is 2. The second-order valence-corrected chi connectivity index (χ2v) is 7.99. The highest BCUT2D eigenvalue weighted by Crippen LogP contribution is 2.18. The first-order valence-electron chi connectivity index (χ1n) is 9.51. The minimum atomic E-state index is -0.517. The number of rotatable bonds is 5. The predicted molar refractivity (Wildman–Crippen MR) is 107 cm³/mol. The molecule has 3 amide bonds. The van der Waals surface area contributed by atoms with Crippen molar-refractivity contribution in [3.63, 3.8) is 0 Å². The Bertz CT molecular complexity index is 846. The molecule has 6 nitrogen and oxygen atoms in total. The van der Waals surface area contributed by atoms with E-state index in [1.54, 1.807) is 33.3 Å². The maximum atomic E-state index is 13.8. The van der Waals surface area contributed by atoms with Crippen LogP contribution in [0.4, 0.5) is 9.18 Å². The van der Waals surface area contributed by atoms with Crippen molar-refractivity contribution in [2.45, 2.75) is 26.7 Å². The molecule has 1 aliphatic rings. The summed E-state index contributed by atoms with van der Waals surface area (Å²) in [4.78, 5) is 33.9. The number of benzene rings is 1. The van der Waals surface area contributed by atoms with E-state index in [0.717, 1.165) is 17.1 Å². The van der Waals surface area contributed by atoms with Crippen LogP contribution in [-0.2, 0) is 12.8 Å². The van der Waals surface area contributed by atoms with E-state index in [1.807, 2.05) is 0 Å². The highest BCUT2D eigenvalue weighted by molar-refractivity contribution is 7.11. The highest BCUT2D eigenvalue weighted by atomic mass is 32.1. The summed E-state index contributed by atoms with van der Waals surface area (Å²) < 4.78 is 13.8. The molecule has 0 spiro atoms. The second-order valence-electron chi connectivity index (χ2n) is 6.71. The number of nitrogens with zero attached hydrogens (tertiary/aromatic N) is 3. The van der Waals surface area contributed by atoms with Gasteiger partial charge in [-0.25, -0.2) is 14.2 Å². The van der Waals surface area contributed by atoms with Gasteiger partial charge in [-0.2, -0.15) is 0 Å². The normalized spacial score (nSPS) is 14.2. The Morgan fingerprint density at radius 3 is 2.50 bits per heavy atom. The zero-order chi connectivity index (χ0) is 20.1. The van der Waals surface area contributed by atoms with Gasteiger partial charge >= 0.3 is 6.03 Å². The van der Waals surface area contributed by atoms with Crippen LogP contribution < -0.4 is 5.32 Å². The number of aryl methyl sites for hydroxylation is 2. The molecule has 1 aromatic heterocycles. The van der Waals surface area contributed by atoms with Gasteiger partial charge in [0.15, 0.2) is 0 Å². The fraction of sp³-hybridized carbons (Fsp3) is 0.450. The summed E-state index contributed by atoms with van der Waals surface area (Å²) in [5.41, 5.74) is 1.20. The number of hydrogen-bond acceptors (Lipinski definition) is 4. The number of aromatic nitrogens is 1. The Balaban J connectivity index is 1.44. The van der Waals surface area contributed by atoms with Gasteiger partial charge in [0.25, 0.3) is 5.91 Å². The summed E-state index contributed by atoms with van der Waals surface area (Å²) >= 11 is 1.68. The quantitative estimate of drug-likeness (QED) is 0.833. The van der Waals surface area contributed by atoms with Crippen LogP contribution in [0.3, 0.4) is 0 Å². The van der Waals surface area contributed by atoms with Crippen LogP contribution in [0.15, 0.2) is 24.3 Å². The SMILES string of the molecule is CCc1nc(CCNC(=O)N2CCN(C(=O)c3ccccc3F)CC2)sc1C. The van der Waals surface area contributed by atoms with Crippen molar-refractivity contribution < 1.29 is 14.0 Å². The summed E-state index contributed by atoms with van der Waals surface area (Å²) in [5.74, 6) is -0.847. The van der Waals surface area contributed by atoms with Gasteiger partial charge in [0, 0.05) is 44.0 Å². The Morgan fingerprint density at radius 2 is 1.86 bits per heavy atom. The summed E-state index contributed by atoms with van der Waals surface area (Å²) in [6.07, 6.45) is 1.63. The molecule has 28 heavy (non-hydrogen) atoms. The molecular weight excluding hydrogens is 379 g/mol. The van der Waals surface area contributed by atoms with Gasteiger partial charge in [-0.05, 0) is 25.5 Å². The molecule has 1 fully saturated rings. The molecule has 0 atom stereocenters. The van der Waals surface area contributed by atoms with E-state index in [4.69, 9.17) is 0 Å². The van der Waals surface area contributed by atoms with E-state index in [-0.39, 0.29) is 17.5 Å². The number of piperazine rings is 1. The van der Waals surface area contributed by atoms with Gasteiger partial charge in [-0.3, -0.25) is 4.79 Å². The molecule has 8 heteroatoms. The van der Waals surface area contributed by atoms with E-state index in [9.17, 15) is 14.0 Å². The van der Waals surface area contributed by atoms with E-state index < -0.39 is 5.82 Å². The average Bonchev–Trinajstić information content (AvgIpc) is 3.07. The third kappa shape index (κ3) is 4.67. The Labute approximate surface area is 168 Å². The number of carbonyl (C=O) groups excluding carboxylic acids is 2. The molecule has 0 aliphatic carbocycles. The first kappa shape index (κ1) is 20.3. The summed E-state index contributed by atoms with van der Waals surface area (Å²) in [7, 11) is 0. The zero-order valence-electron chi connectivity index (χ0n) is 16.2. The molecule has 1 saturated heterocycles. The van der Waals surface area contributed by atoms with Gasteiger partial charge in [0.2, 0.25) is 0 Å². The van der Waals surface area contributed by atoms with Crippen molar-refractivity contribution in [2.24, 2.45) is 0 Å². The van der Waals surface area contributed by atoms with Crippen molar-refractivity contribution in [1.82, 2.24) is 20.1 Å². The topological polar surface area (TPSA) is 65.5 Å². The van der Waals surface area contributed by atoms with E-state index in [0.29, 0.717) is 39.1 Å². The Hall–Kier alpha value is -2.48. The molecule has 0 unspecified atom stereocenters. The molecule has 2 heterocycles. The van der Waals surface area contributed by atoms with Crippen molar-refractivity contribution in [3.8, 4) is 0 Å². The Kier molecular flexibility index (Phi) is 6.61. The third-order valence-electron chi connectivity index (χ3n) is 4.85. The van der Waals surface area contributed by atoms with Crippen molar-refractivity contribution >= 4 is 23.3 Å². The number of thiazole rings is 1. The van der Waals surface area contributed by atoms with E-state index in [1.165, 1.54) is 17.0 Å². The van der Waals surface area contributed by atoms with Crippen LogP contribution in [-0.4, -0.2) is 59.4 Å². The minimum Gasteiger partial charge on any atom is -0.338 e. The fourth-order valence-electron chi connectivity index (χ4n) is 3.23. The lowest BCUT2D eigenvalue weighted by atomic mass is 10.1. The molecule has 1 aliphatic heterocycles. The summed E-state index contributed by atoms with van der Waals surface area (Å²) in [5, 5.41) is 3.96. The average molecular weight is 405 g/mol. The van der Waals surface area contributed by atoms with E-state index >= 15 is 0 Å². The molecule has 2 aromatic rings. The maximum absolute atomic E-state index is 13.8. The lowest BCUT2D eigenvalue weighted by Crippen LogP contribution is -2.53. The van der Waals surface area contributed by atoms with Gasteiger partial charge in [-0.15, -0.1) is 11.3 Å². The monoisotopic (exact) mass is 404 g/mol. The lowest BCUT2D eigenvalue weighted by molar-refractivity contribution is 0.0660. The standard InChI is InChI=1S/C20H25FN4O2S/c1-3-17-14(2)28-18(23-17)8-9-22-20(27)25-12-10-24(11-13-25)19(26)15-6-4-5-7-16(15)21/h4-7H,3,8-13H2,1-2H3,(H,22,27). The molecular formula is C20H25FN4O2S. The smallest absolute Gasteiger partial charge is 0.317 e. The lowest BCUT2D eigenvalue weighted by Gasteiger charge is -2.34. The molecule has 3 rings (SSSR count). The van der Waals surface area contributed by atoms with Crippen LogP contribution in [0, 0.1) is 12.7 Å². The van der Waals surface area contributed by atoms with Gasteiger partial charge in [-0.1, -0.05) is 19.1 Å². The number of amides is 3. The Morgan fingerprint density at radius 1 is 1.18 bits per heavy atom. The van der Waals surface area contributed by atoms with Crippen LogP contribution in [0.1, 0.15) is 32.9 Å².